The maximum atomic E-state index is 12.4. The zero-order chi connectivity index (χ0) is 14.6. The molecule has 21 heavy (non-hydrogen) atoms. The van der Waals surface area contributed by atoms with Crippen LogP contribution in [-0.4, -0.2) is 37.3 Å². The van der Waals surface area contributed by atoms with E-state index in [0.717, 1.165) is 22.2 Å². The molecule has 0 radical (unpaired) electrons. The highest BCUT2D eigenvalue weighted by atomic mass is 127. The molecule has 0 saturated carbocycles. The fourth-order valence-electron chi connectivity index (χ4n) is 2.46. The number of ether oxygens (including phenoxy) is 1. The molecule has 0 spiro atoms. The number of hydrogen-bond donors (Lipinski definition) is 0. The van der Waals surface area contributed by atoms with Crippen LogP contribution in [0.3, 0.4) is 0 Å². The maximum Gasteiger partial charge on any atom is 0.401 e. The summed E-state index contributed by atoms with van der Waals surface area (Å²) in [4.78, 5) is 1.48. The molecule has 1 heterocycles. The van der Waals surface area contributed by atoms with Gasteiger partial charge in [0.1, 0.15) is 5.75 Å². The summed E-state index contributed by atoms with van der Waals surface area (Å²) in [5, 5.41) is 0. The third-order valence-corrected chi connectivity index (χ3v) is 3.96. The Kier molecular flexibility index (Phi) is 7.56. The van der Waals surface area contributed by atoms with E-state index in [1.165, 1.54) is 4.90 Å². The normalized spacial score (nSPS) is 19.9. The predicted octanol–water partition coefficient (Wildman–Crippen LogP) is 4.37. The van der Waals surface area contributed by atoms with Crippen LogP contribution in [0.1, 0.15) is 12.8 Å². The molecular weight excluding hydrogens is 418 g/mol. The first-order chi connectivity index (χ1) is 9.42. The number of piperidine rings is 1. The van der Waals surface area contributed by atoms with E-state index in [0.29, 0.717) is 19.7 Å². The molecule has 7 heteroatoms. The van der Waals surface area contributed by atoms with Gasteiger partial charge in [-0.1, -0.05) is 6.07 Å². The van der Waals surface area contributed by atoms with E-state index in [-0.39, 0.29) is 18.3 Å². The first-order valence-electron chi connectivity index (χ1n) is 6.60. The lowest BCUT2D eigenvalue weighted by Gasteiger charge is -2.32. The topological polar surface area (TPSA) is 12.5 Å². The summed E-state index contributed by atoms with van der Waals surface area (Å²) < 4.78 is 43.9. The van der Waals surface area contributed by atoms with Gasteiger partial charge < -0.3 is 4.74 Å². The van der Waals surface area contributed by atoms with Gasteiger partial charge in [0.25, 0.3) is 0 Å². The van der Waals surface area contributed by atoms with Gasteiger partial charge in [-0.25, -0.2) is 0 Å². The van der Waals surface area contributed by atoms with Crippen molar-refractivity contribution in [3.63, 3.8) is 0 Å². The Morgan fingerprint density at radius 2 is 2.10 bits per heavy atom. The molecule has 0 aliphatic carbocycles. The second-order valence-corrected chi connectivity index (χ2v) is 6.37. The summed E-state index contributed by atoms with van der Waals surface area (Å²) in [6.45, 7) is 0.657. The minimum atomic E-state index is -4.11. The number of nitrogens with zero attached hydrogens (tertiary/aromatic N) is 1. The number of rotatable bonds is 4. The fourth-order valence-corrected chi connectivity index (χ4v) is 2.97. The smallest absolute Gasteiger partial charge is 0.401 e. The van der Waals surface area contributed by atoms with Crippen LogP contribution in [0.2, 0.25) is 0 Å². The third-order valence-electron chi connectivity index (χ3n) is 3.29. The number of hydrogen-bond acceptors (Lipinski definition) is 2. The van der Waals surface area contributed by atoms with E-state index in [9.17, 15) is 13.2 Å². The van der Waals surface area contributed by atoms with Gasteiger partial charge in [-0.05, 0) is 60.2 Å². The molecule has 120 valence electrons. The zero-order valence-corrected chi connectivity index (χ0v) is 14.4. The highest BCUT2D eigenvalue weighted by molar-refractivity contribution is 14.1. The molecule has 1 unspecified atom stereocenters. The third kappa shape index (κ3) is 7.06. The summed E-state index contributed by atoms with van der Waals surface area (Å²) >= 11 is 2.20. The van der Waals surface area contributed by atoms with Gasteiger partial charge >= 0.3 is 6.18 Å². The van der Waals surface area contributed by atoms with Gasteiger partial charge in [-0.2, -0.15) is 13.2 Å². The number of alkyl halides is 3. The molecule has 0 bridgehead atoms. The van der Waals surface area contributed by atoms with Crippen molar-refractivity contribution in [1.82, 2.24) is 4.90 Å². The van der Waals surface area contributed by atoms with Crippen LogP contribution in [0.25, 0.3) is 0 Å². The van der Waals surface area contributed by atoms with E-state index in [1.54, 1.807) is 0 Å². The van der Waals surface area contributed by atoms with E-state index >= 15 is 0 Å². The monoisotopic (exact) mass is 435 g/mol. The van der Waals surface area contributed by atoms with Gasteiger partial charge in [0.2, 0.25) is 0 Å². The van der Waals surface area contributed by atoms with Crippen LogP contribution >= 0.6 is 35.0 Å². The highest BCUT2D eigenvalue weighted by Gasteiger charge is 2.33. The summed E-state index contributed by atoms with van der Waals surface area (Å²) in [7, 11) is 0. The summed E-state index contributed by atoms with van der Waals surface area (Å²) in [6, 6.07) is 7.68. The van der Waals surface area contributed by atoms with Crippen molar-refractivity contribution in [1.29, 1.82) is 0 Å². The molecule has 1 aromatic carbocycles. The Bertz CT molecular complexity index is 444. The highest BCUT2D eigenvalue weighted by Crippen LogP contribution is 2.23. The lowest BCUT2D eigenvalue weighted by Crippen LogP contribution is -2.42. The van der Waals surface area contributed by atoms with Crippen LogP contribution in [0, 0.1) is 9.49 Å². The van der Waals surface area contributed by atoms with Crippen LogP contribution in [0.15, 0.2) is 24.3 Å². The lowest BCUT2D eigenvalue weighted by atomic mass is 9.99. The van der Waals surface area contributed by atoms with Gasteiger partial charge in [0.15, 0.2) is 0 Å². The number of benzene rings is 1. The fraction of sp³-hybridized carbons (Fsp3) is 0.571. The molecule has 1 aliphatic heterocycles. The molecule has 1 atom stereocenters. The van der Waals surface area contributed by atoms with Crippen molar-refractivity contribution in [2.24, 2.45) is 5.92 Å². The van der Waals surface area contributed by atoms with Gasteiger partial charge in [0.05, 0.1) is 13.2 Å². The Morgan fingerprint density at radius 1 is 1.33 bits per heavy atom. The van der Waals surface area contributed by atoms with Crippen molar-refractivity contribution < 1.29 is 17.9 Å². The van der Waals surface area contributed by atoms with Crippen LogP contribution in [0.4, 0.5) is 13.2 Å². The standard InChI is InChI=1S/C14H17F3INO.ClH/c15-14(16,17)10-19-6-2-3-11(8-19)9-20-13-5-1-4-12(18)7-13;/h1,4-5,7,11H,2-3,6,8-10H2;1H. The Morgan fingerprint density at radius 3 is 2.76 bits per heavy atom. The zero-order valence-electron chi connectivity index (χ0n) is 11.4. The molecule has 1 fully saturated rings. The van der Waals surface area contributed by atoms with Crippen molar-refractivity contribution in [2.45, 2.75) is 19.0 Å². The number of halogens is 5. The van der Waals surface area contributed by atoms with Crippen LogP contribution in [-0.2, 0) is 0 Å². The molecular formula is C14H18ClF3INO. The average molecular weight is 436 g/mol. The second kappa shape index (κ2) is 8.43. The molecule has 2 rings (SSSR count). The summed E-state index contributed by atoms with van der Waals surface area (Å²) in [5.74, 6) is 0.953. The van der Waals surface area contributed by atoms with Crippen molar-refractivity contribution in [2.75, 3.05) is 26.2 Å². The van der Waals surface area contributed by atoms with Crippen molar-refractivity contribution in [3.8, 4) is 5.75 Å². The molecule has 0 aromatic heterocycles. The molecule has 1 aliphatic rings. The van der Waals surface area contributed by atoms with Crippen molar-refractivity contribution in [3.05, 3.63) is 27.8 Å². The lowest BCUT2D eigenvalue weighted by molar-refractivity contribution is -0.149. The molecule has 0 N–H and O–H groups in total. The second-order valence-electron chi connectivity index (χ2n) is 5.13. The number of likely N-dealkylation sites (tertiary alicyclic amines) is 1. The predicted molar refractivity (Wildman–Crippen MR) is 87.1 cm³/mol. The van der Waals surface area contributed by atoms with Gasteiger partial charge in [-0.15, -0.1) is 12.4 Å². The molecule has 0 amide bonds. The molecule has 2 nitrogen and oxygen atoms in total. The summed E-state index contributed by atoms with van der Waals surface area (Å²) in [5.41, 5.74) is 0. The van der Waals surface area contributed by atoms with Crippen LogP contribution in [0.5, 0.6) is 5.75 Å². The van der Waals surface area contributed by atoms with E-state index < -0.39 is 12.7 Å². The largest absolute Gasteiger partial charge is 0.493 e. The van der Waals surface area contributed by atoms with Gasteiger partial charge in [0, 0.05) is 16.0 Å². The quantitative estimate of drug-likeness (QED) is 0.652. The van der Waals surface area contributed by atoms with Crippen molar-refractivity contribution >= 4 is 35.0 Å². The minimum Gasteiger partial charge on any atom is -0.493 e. The van der Waals surface area contributed by atoms with E-state index in [1.807, 2.05) is 24.3 Å². The molecule has 1 aromatic rings. The Hall–Kier alpha value is -0.210. The van der Waals surface area contributed by atoms with Gasteiger partial charge in [-0.3, -0.25) is 4.90 Å². The van der Waals surface area contributed by atoms with E-state index in [4.69, 9.17) is 4.74 Å². The minimum absolute atomic E-state index is 0. The molecule has 1 saturated heterocycles. The van der Waals surface area contributed by atoms with Crippen LogP contribution < -0.4 is 4.74 Å². The Labute approximate surface area is 142 Å². The Balaban J connectivity index is 0.00000220. The van der Waals surface area contributed by atoms with E-state index in [2.05, 4.69) is 22.6 Å². The first-order valence-corrected chi connectivity index (χ1v) is 7.68. The summed E-state index contributed by atoms with van der Waals surface area (Å²) in [6.07, 6.45) is -2.38. The maximum absolute atomic E-state index is 12.4. The first kappa shape index (κ1) is 18.8. The average Bonchev–Trinajstić information content (AvgIpc) is 2.35. The SMILES string of the molecule is Cl.FC(F)(F)CN1CCCC(COc2cccc(I)c2)C1.